The van der Waals surface area contributed by atoms with Crippen molar-refractivity contribution in [3.63, 3.8) is 0 Å². The summed E-state index contributed by atoms with van der Waals surface area (Å²) in [5, 5.41) is 2.95. The third kappa shape index (κ3) is 4.44. The normalized spacial score (nSPS) is 21.2. The van der Waals surface area contributed by atoms with Gasteiger partial charge in [0.15, 0.2) is 0 Å². The maximum atomic E-state index is 12.6. The third-order valence-electron chi connectivity index (χ3n) is 5.12. The van der Waals surface area contributed by atoms with E-state index >= 15 is 0 Å². The van der Waals surface area contributed by atoms with Gasteiger partial charge < -0.3 is 16.0 Å². The van der Waals surface area contributed by atoms with Crippen LogP contribution in [0.5, 0.6) is 0 Å². The maximum absolute atomic E-state index is 12.6. The second-order valence-corrected chi connectivity index (χ2v) is 6.87. The van der Waals surface area contributed by atoms with Crippen molar-refractivity contribution in [2.75, 3.05) is 32.7 Å². The highest BCUT2D eigenvalue weighted by Crippen LogP contribution is 2.29. The standard InChI is InChI=1S/C17H32N4O2/c1-2-3-4-5-6-11-20-13-8-17(9-14-20)15(22)21(12-7-10-18)16(23)19-17/h2-14,18H2,1H3,(H,19,23). The van der Waals surface area contributed by atoms with Gasteiger partial charge in [0.1, 0.15) is 5.54 Å². The lowest BCUT2D eigenvalue weighted by Gasteiger charge is -2.37. The Morgan fingerprint density at radius 2 is 1.74 bits per heavy atom. The molecule has 0 saturated carbocycles. The number of rotatable bonds is 9. The van der Waals surface area contributed by atoms with Crippen molar-refractivity contribution in [2.45, 2.75) is 63.8 Å². The number of amides is 3. The lowest BCUT2D eigenvalue weighted by atomic mass is 9.87. The molecule has 0 radical (unpaired) electrons. The number of carbonyl (C=O) groups is 2. The van der Waals surface area contributed by atoms with Crippen LogP contribution < -0.4 is 11.1 Å². The lowest BCUT2D eigenvalue weighted by molar-refractivity contribution is -0.133. The molecule has 2 fully saturated rings. The average Bonchev–Trinajstić information content (AvgIpc) is 2.78. The summed E-state index contributed by atoms with van der Waals surface area (Å²) in [5.41, 5.74) is 4.84. The molecule has 3 N–H and O–H groups in total. The first-order valence-corrected chi connectivity index (χ1v) is 9.19. The number of hydrogen-bond donors (Lipinski definition) is 2. The molecule has 1 spiro atoms. The van der Waals surface area contributed by atoms with Crippen LogP contribution in [-0.4, -0.2) is 60.0 Å². The molecule has 0 aromatic carbocycles. The summed E-state index contributed by atoms with van der Waals surface area (Å²) >= 11 is 0. The fourth-order valence-electron chi connectivity index (χ4n) is 3.56. The zero-order valence-electron chi connectivity index (χ0n) is 14.5. The lowest BCUT2D eigenvalue weighted by Crippen LogP contribution is -2.55. The fraction of sp³-hybridized carbons (Fsp3) is 0.882. The number of nitrogens with zero attached hydrogens (tertiary/aromatic N) is 2. The first-order chi connectivity index (χ1) is 11.1. The number of nitrogens with one attached hydrogen (secondary N) is 1. The second kappa shape index (κ2) is 8.64. The van der Waals surface area contributed by atoms with Gasteiger partial charge in [-0.25, -0.2) is 4.79 Å². The number of imide groups is 1. The summed E-state index contributed by atoms with van der Waals surface area (Å²) < 4.78 is 0. The highest BCUT2D eigenvalue weighted by Gasteiger charge is 2.51. The molecule has 2 heterocycles. The Morgan fingerprint density at radius 3 is 2.39 bits per heavy atom. The van der Waals surface area contributed by atoms with Gasteiger partial charge in [0.25, 0.3) is 5.91 Å². The molecule has 0 bridgehead atoms. The van der Waals surface area contributed by atoms with Crippen LogP contribution in [0.3, 0.4) is 0 Å². The van der Waals surface area contributed by atoms with Crippen LogP contribution in [0.15, 0.2) is 0 Å². The van der Waals surface area contributed by atoms with E-state index in [1.807, 2.05) is 0 Å². The van der Waals surface area contributed by atoms with E-state index in [4.69, 9.17) is 5.73 Å². The molecule has 132 valence electrons. The monoisotopic (exact) mass is 324 g/mol. The van der Waals surface area contributed by atoms with E-state index in [-0.39, 0.29) is 11.9 Å². The Hall–Kier alpha value is -1.14. The number of carbonyl (C=O) groups excluding carboxylic acids is 2. The van der Waals surface area contributed by atoms with Crippen molar-refractivity contribution in [3.05, 3.63) is 0 Å². The summed E-state index contributed by atoms with van der Waals surface area (Å²) in [6.45, 7) is 6.06. The third-order valence-corrected chi connectivity index (χ3v) is 5.12. The molecule has 2 aliphatic rings. The van der Waals surface area contributed by atoms with Gasteiger partial charge in [-0.2, -0.15) is 0 Å². The van der Waals surface area contributed by atoms with Crippen molar-refractivity contribution >= 4 is 11.9 Å². The van der Waals surface area contributed by atoms with Gasteiger partial charge in [-0.3, -0.25) is 9.69 Å². The Labute approximate surface area is 139 Å². The Morgan fingerprint density at radius 1 is 1.04 bits per heavy atom. The van der Waals surface area contributed by atoms with Crippen molar-refractivity contribution in [3.8, 4) is 0 Å². The summed E-state index contributed by atoms with van der Waals surface area (Å²) in [4.78, 5) is 28.5. The minimum atomic E-state index is -0.648. The molecule has 0 unspecified atom stereocenters. The summed E-state index contributed by atoms with van der Waals surface area (Å²) in [5.74, 6) is -0.0430. The summed E-state index contributed by atoms with van der Waals surface area (Å²) in [7, 11) is 0. The van der Waals surface area contributed by atoms with Gasteiger partial charge in [0, 0.05) is 19.6 Å². The predicted octanol–water partition coefficient (Wildman–Crippen LogP) is 1.69. The van der Waals surface area contributed by atoms with Crippen LogP contribution in [0.1, 0.15) is 58.3 Å². The quantitative estimate of drug-likeness (QED) is 0.500. The summed E-state index contributed by atoms with van der Waals surface area (Å²) in [6.07, 6.45) is 8.56. The van der Waals surface area contributed by atoms with Gasteiger partial charge >= 0.3 is 6.03 Å². The van der Waals surface area contributed by atoms with Crippen LogP contribution in [0.4, 0.5) is 4.79 Å². The Kier molecular flexibility index (Phi) is 6.84. The molecule has 2 aliphatic heterocycles. The number of unbranched alkanes of at least 4 members (excludes halogenated alkanes) is 4. The van der Waals surface area contributed by atoms with Crippen LogP contribution in [0.2, 0.25) is 0 Å². The molecule has 6 heteroatoms. The highest BCUT2D eigenvalue weighted by molar-refractivity contribution is 6.07. The minimum absolute atomic E-state index is 0.0430. The second-order valence-electron chi connectivity index (χ2n) is 6.87. The van der Waals surface area contributed by atoms with Gasteiger partial charge in [-0.05, 0) is 38.8 Å². The first-order valence-electron chi connectivity index (χ1n) is 9.19. The molecule has 3 amide bonds. The topological polar surface area (TPSA) is 78.7 Å². The molecule has 2 rings (SSSR count). The van der Waals surface area contributed by atoms with E-state index < -0.39 is 5.54 Å². The number of nitrogens with two attached hydrogens (primary N) is 1. The SMILES string of the molecule is CCCCCCCN1CCC2(CC1)NC(=O)N(CCCN)C2=O. The van der Waals surface area contributed by atoms with E-state index in [0.29, 0.717) is 19.5 Å². The Bertz CT molecular complexity index is 405. The highest BCUT2D eigenvalue weighted by atomic mass is 16.2. The molecule has 0 aromatic heterocycles. The molecule has 0 aliphatic carbocycles. The smallest absolute Gasteiger partial charge is 0.325 e. The van der Waals surface area contributed by atoms with Gasteiger partial charge in [-0.1, -0.05) is 32.6 Å². The van der Waals surface area contributed by atoms with Crippen molar-refractivity contribution in [1.29, 1.82) is 0 Å². The number of hydrogen-bond acceptors (Lipinski definition) is 4. The van der Waals surface area contributed by atoms with Crippen LogP contribution in [0, 0.1) is 0 Å². The Balaban J connectivity index is 1.77. The molecular formula is C17H32N4O2. The zero-order chi connectivity index (χ0) is 16.7. The molecule has 2 saturated heterocycles. The van der Waals surface area contributed by atoms with Crippen LogP contribution in [-0.2, 0) is 4.79 Å². The fourth-order valence-corrected chi connectivity index (χ4v) is 3.56. The molecule has 0 atom stereocenters. The van der Waals surface area contributed by atoms with Crippen molar-refractivity contribution < 1.29 is 9.59 Å². The van der Waals surface area contributed by atoms with Gasteiger partial charge in [-0.15, -0.1) is 0 Å². The first kappa shape index (κ1) is 18.2. The van der Waals surface area contributed by atoms with E-state index in [2.05, 4.69) is 17.1 Å². The molecule has 6 nitrogen and oxygen atoms in total. The van der Waals surface area contributed by atoms with Crippen LogP contribution >= 0.6 is 0 Å². The predicted molar refractivity (Wildman–Crippen MR) is 91.1 cm³/mol. The molecule has 23 heavy (non-hydrogen) atoms. The van der Waals surface area contributed by atoms with E-state index in [0.717, 1.165) is 32.5 Å². The van der Waals surface area contributed by atoms with Gasteiger partial charge in [0.05, 0.1) is 0 Å². The van der Waals surface area contributed by atoms with E-state index in [1.54, 1.807) is 0 Å². The largest absolute Gasteiger partial charge is 0.330 e. The van der Waals surface area contributed by atoms with Crippen molar-refractivity contribution in [2.24, 2.45) is 5.73 Å². The maximum Gasteiger partial charge on any atom is 0.325 e. The van der Waals surface area contributed by atoms with Gasteiger partial charge in [0.2, 0.25) is 0 Å². The summed E-state index contributed by atoms with van der Waals surface area (Å²) in [6, 6.07) is -0.239. The minimum Gasteiger partial charge on any atom is -0.330 e. The van der Waals surface area contributed by atoms with E-state index in [1.165, 1.54) is 37.0 Å². The zero-order valence-corrected chi connectivity index (χ0v) is 14.5. The number of urea groups is 1. The number of likely N-dealkylation sites (tertiary alicyclic amines) is 1. The van der Waals surface area contributed by atoms with Crippen LogP contribution in [0.25, 0.3) is 0 Å². The molecular weight excluding hydrogens is 292 g/mol. The van der Waals surface area contributed by atoms with Crippen molar-refractivity contribution in [1.82, 2.24) is 15.1 Å². The molecule has 0 aromatic rings. The average molecular weight is 324 g/mol. The van der Waals surface area contributed by atoms with E-state index in [9.17, 15) is 9.59 Å². The number of piperidine rings is 1.